The zero-order chi connectivity index (χ0) is 19.8. The molecular weight excluding hydrogens is 364 g/mol. The Hall–Kier alpha value is -3.48. The van der Waals surface area contributed by atoms with Crippen LogP contribution in [0.15, 0.2) is 55.0 Å². The number of aromatic nitrogens is 6. The molecule has 29 heavy (non-hydrogen) atoms. The molecule has 0 fully saturated rings. The van der Waals surface area contributed by atoms with Crippen molar-refractivity contribution < 1.29 is 4.74 Å². The van der Waals surface area contributed by atoms with Crippen molar-refractivity contribution in [3.05, 3.63) is 72.1 Å². The van der Waals surface area contributed by atoms with E-state index in [0.29, 0.717) is 17.4 Å². The molecule has 0 saturated carbocycles. The van der Waals surface area contributed by atoms with Crippen LogP contribution in [0.3, 0.4) is 0 Å². The Labute approximate surface area is 169 Å². The van der Waals surface area contributed by atoms with E-state index in [1.807, 2.05) is 40.6 Å². The number of rotatable bonds is 4. The van der Waals surface area contributed by atoms with E-state index in [9.17, 15) is 0 Å². The van der Waals surface area contributed by atoms with Gasteiger partial charge in [-0.15, -0.1) is 5.10 Å². The van der Waals surface area contributed by atoms with E-state index in [1.165, 1.54) is 5.56 Å². The van der Waals surface area contributed by atoms with Crippen LogP contribution in [-0.4, -0.2) is 36.4 Å². The third-order valence-electron chi connectivity index (χ3n) is 5.33. The maximum atomic E-state index is 5.54. The minimum absolute atomic E-state index is 0.265. The molecule has 0 amide bonds. The SMILES string of the molecule is COc1nc(-c2nc3n(n2)CCC[C@H]3c2ccccc2)ccc1-n1cnc(C)c1. The van der Waals surface area contributed by atoms with Crippen LogP contribution in [0.5, 0.6) is 5.88 Å². The highest BCUT2D eigenvalue weighted by Gasteiger charge is 2.26. The molecule has 1 aliphatic heterocycles. The molecule has 0 aliphatic carbocycles. The van der Waals surface area contributed by atoms with Crippen molar-refractivity contribution in [1.29, 1.82) is 0 Å². The van der Waals surface area contributed by atoms with Crippen LogP contribution in [0.1, 0.15) is 35.8 Å². The van der Waals surface area contributed by atoms with Gasteiger partial charge in [-0.05, 0) is 37.5 Å². The lowest BCUT2D eigenvalue weighted by Crippen LogP contribution is -2.17. The van der Waals surface area contributed by atoms with Crippen molar-refractivity contribution in [2.75, 3.05) is 7.11 Å². The Morgan fingerprint density at radius 2 is 1.93 bits per heavy atom. The van der Waals surface area contributed by atoms with E-state index >= 15 is 0 Å². The van der Waals surface area contributed by atoms with Gasteiger partial charge in [0.15, 0.2) is 5.82 Å². The molecule has 4 aromatic rings. The van der Waals surface area contributed by atoms with Gasteiger partial charge in [-0.1, -0.05) is 30.3 Å². The number of hydrogen-bond acceptors (Lipinski definition) is 5. The average molecular weight is 386 g/mol. The molecule has 1 aromatic carbocycles. The summed E-state index contributed by atoms with van der Waals surface area (Å²) in [4.78, 5) is 13.8. The summed E-state index contributed by atoms with van der Waals surface area (Å²) < 4.78 is 9.47. The molecule has 5 rings (SSSR count). The number of methoxy groups -OCH3 is 1. The van der Waals surface area contributed by atoms with Gasteiger partial charge in [0, 0.05) is 18.7 Å². The van der Waals surface area contributed by atoms with Gasteiger partial charge in [0.1, 0.15) is 17.2 Å². The van der Waals surface area contributed by atoms with Crippen molar-refractivity contribution >= 4 is 0 Å². The third-order valence-corrected chi connectivity index (χ3v) is 5.33. The van der Waals surface area contributed by atoms with Crippen LogP contribution in [0.25, 0.3) is 17.2 Å². The molecule has 1 atom stereocenters. The van der Waals surface area contributed by atoms with Gasteiger partial charge in [-0.25, -0.2) is 19.6 Å². The summed E-state index contributed by atoms with van der Waals surface area (Å²) in [6.45, 7) is 2.84. The quantitative estimate of drug-likeness (QED) is 0.534. The van der Waals surface area contributed by atoms with E-state index in [4.69, 9.17) is 14.8 Å². The summed E-state index contributed by atoms with van der Waals surface area (Å²) in [5, 5.41) is 4.75. The number of fused-ring (bicyclic) bond motifs is 1. The molecule has 3 aromatic heterocycles. The van der Waals surface area contributed by atoms with Crippen LogP contribution in [0.2, 0.25) is 0 Å². The molecule has 0 unspecified atom stereocenters. The first kappa shape index (κ1) is 17.6. The molecule has 0 radical (unpaired) electrons. The van der Waals surface area contributed by atoms with Crippen LogP contribution in [-0.2, 0) is 6.54 Å². The van der Waals surface area contributed by atoms with Gasteiger partial charge in [0.25, 0.3) is 0 Å². The lowest BCUT2D eigenvalue weighted by atomic mass is 9.91. The van der Waals surface area contributed by atoms with Gasteiger partial charge in [-0.2, -0.15) is 0 Å². The van der Waals surface area contributed by atoms with Gasteiger partial charge in [0.2, 0.25) is 5.88 Å². The Bertz CT molecular complexity index is 1150. The Morgan fingerprint density at radius 3 is 2.69 bits per heavy atom. The van der Waals surface area contributed by atoms with Crippen LogP contribution in [0, 0.1) is 6.92 Å². The monoisotopic (exact) mass is 386 g/mol. The molecule has 0 bridgehead atoms. The Balaban J connectivity index is 1.53. The number of ether oxygens (including phenoxy) is 1. The largest absolute Gasteiger partial charge is 0.479 e. The van der Waals surface area contributed by atoms with E-state index in [0.717, 1.165) is 36.6 Å². The van der Waals surface area contributed by atoms with Crippen LogP contribution < -0.4 is 4.74 Å². The number of benzene rings is 1. The highest BCUT2D eigenvalue weighted by Crippen LogP contribution is 2.33. The van der Waals surface area contributed by atoms with Crippen molar-refractivity contribution in [1.82, 2.24) is 29.3 Å². The second kappa shape index (κ2) is 7.16. The number of hydrogen-bond donors (Lipinski definition) is 0. The Kier molecular flexibility index (Phi) is 4.35. The van der Waals surface area contributed by atoms with Gasteiger partial charge < -0.3 is 9.30 Å². The highest BCUT2D eigenvalue weighted by molar-refractivity contribution is 5.55. The number of pyridine rings is 1. The first-order chi connectivity index (χ1) is 14.2. The van der Waals surface area contributed by atoms with E-state index in [-0.39, 0.29) is 5.92 Å². The zero-order valence-corrected chi connectivity index (χ0v) is 16.5. The minimum atomic E-state index is 0.265. The molecular formula is C22H22N6O. The maximum absolute atomic E-state index is 5.54. The average Bonchev–Trinajstić information content (AvgIpc) is 3.40. The number of nitrogens with zero attached hydrogens (tertiary/aromatic N) is 6. The topological polar surface area (TPSA) is 70.7 Å². The lowest BCUT2D eigenvalue weighted by Gasteiger charge is -2.22. The number of imidazole rings is 1. The second-order valence-electron chi connectivity index (χ2n) is 7.27. The fraction of sp³-hybridized carbons (Fsp3) is 0.273. The predicted molar refractivity (Wildman–Crippen MR) is 109 cm³/mol. The standard InChI is InChI=1S/C22H22N6O/c1-15-13-27(14-23-15)19-11-10-18(24-22(19)29-2)20-25-21-17(9-6-12-28(21)26-20)16-7-4-3-5-8-16/h3-5,7-8,10-11,13-14,17H,6,9,12H2,1-2H3/t17-/m0/s1. The zero-order valence-electron chi connectivity index (χ0n) is 16.5. The van der Waals surface area contributed by atoms with E-state index < -0.39 is 0 Å². The van der Waals surface area contributed by atoms with E-state index in [1.54, 1.807) is 13.4 Å². The van der Waals surface area contributed by atoms with Gasteiger partial charge in [0.05, 0.1) is 19.1 Å². The number of aryl methyl sites for hydroxylation is 2. The van der Waals surface area contributed by atoms with Crippen molar-refractivity contribution in [3.8, 4) is 23.1 Å². The summed E-state index contributed by atoms with van der Waals surface area (Å²) in [6, 6.07) is 14.4. The summed E-state index contributed by atoms with van der Waals surface area (Å²) in [7, 11) is 1.62. The molecule has 7 nitrogen and oxygen atoms in total. The summed E-state index contributed by atoms with van der Waals surface area (Å²) in [5.41, 5.74) is 3.76. The molecule has 0 spiro atoms. The first-order valence-electron chi connectivity index (χ1n) is 9.79. The summed E-state index contributed by atoms with van der Waals surface area (Å²) >= 11 is 0. The molecule has 1 aliphatic rings. The van der Waals surface area contributed by atoms with Crippen LogP contribution in [0.4, 0.5) is 0 Å². The fourth-order valence-electron chi connectivity index (χ4n) is 3.92. The molecule has 4 heterocycles. The second-order valence-corrected chi connectivity index (χ2v) is 7.27. The lowest BCUT2D eigenvalue weighted by molar-refractivity contribution is 0.396. The summed E-state index contributed by atoms with van der Waals surface area (Å²) in [5.74, 6) is 2.43. The third kappa shape index (κ3) is 3.18. The summed E-state index contributed by atoms with van der Waals surface area (Å²) in [6.07, 6.45) is 5.87. The minimum Gasteiger partial charge on any atom is -0.479 e. The highest BCUT2D eigenvalue weighted by atomic mass is 16.5. The van der Waals surface area contributed by atoms with Crippen molar-refractivity contribution in [2.45, 2.75) is 32.2 Å². The predicted octanol–water partition coefficient (Wildman–Crippen LogP) is 3.77. The van der Waals surface area contributed by atoms with Crippen LogP contribution >= 0.6 is 0 Å². The first-order valence-corrected chi connectivity index (χ1v) is 9.79. The van der Waals surface area contributed by atoms with Crippen molar-refractivity contribution in [2.24, 2.45) is 0 Å². The van der Waals surface area contributed by atoms with Gasteiger partial charge in [-0.3, -0.25) is 0 Å². The smallest absolute Gasteiger partial charge is 0.238 e. The van der Waals surface area contributed by atoms with Gasteiger partial charge >= 0.3 is 0 Å². The fourth-order valence-corrected chi connectivity index (χ4v) is 3.92. The molecule has 146 valence electrons. The molecule has 0 N–H and O–H groups in total. The van der Waals surface area contributed by atoms with Crippen molar-refractivity contribution in [3.63, 3.8) is 0 Å². The van der Waals surface area contributed by atoms with E-state index in [2.05, 4.69) is 34.2 Å². The normalized spacial score (nSPS) is 15.9. The maximum Gasteiger partial charge on any atom is 0.238 e. The molecule has 7 heteroatoms. The Morgan fingerprint density at radius 1 is 1.07 bits per heavy atom. The molecule has 0 saturated heterocycles.